The van der Waals surface area contributed by atoms with E-state index in [0.717, 1.165) is 31.4 Å². The Labute approximate surface area is 297 Å². The molecule has 0 aliphatic heterocycles. The first-order valence-electron chi connectivity index (χ1n) is 16.5. The highest BCUT2D eigenvalue weighted by Crippen LogP contribution is 2.37. The van der Waals surface area contributed by atoms with Crippen LogP contribution in [0, 0.1) is 0 Å². The summed E-state index contributed by atoms with van der Waals surface area (Å²) in [7, 11) is -12.9. The van der Waals surface area contributed by atoms with Crippen molar-refractivity contribution in [2.75, 3.05) is 33.3 Å². The van der Waals surface area contributed by atoms with Crippen molar-refractivity contribution in [2.45, 2.75) is 133 Å². The molecule has 0 saturated carbocycles. The SMILES string of the molecule is C[SiH](C)O[SiH](CCCCC[SiH](O[Si](C)(C)CCCOCC(F)(OF)C(F)(F)F)[Si](C)(C)O)O[Si](C)(C)CCCOCC(F)(OCF)C(F)(F)F. The Morgan fingerprint density at radius 1 is 0.640 bits per heavy atom. The average Bonchev–Trinajstić information content (AvgIpc) is 2.93. The molecular weight excluding hydrogens is 799 g/mol. The third-order valence-corrected chi connectivity index (χ3v) is 31.3. The van der Waals surface area contributed by atoms with E-state index in [2.05, 4.69) is 9.68 Å². The lowest BCUT2D eigenvalue weighted by Crippen LogP contribution is -2.53. The molecule has 4 atom stereocenters. The zero-order valence-electron chi connectivity index (χ0n) is 30.2. The molecule has 0 spiro atoms. The van der Waals surface area contributed by atoms with E-state index in [1.165, 1.54) is 0 Å². The highest BCUT2D eigenvalue weighted by molar-refractivity contribution is 7.27. The van der Waals surface area contributed by atoms with Gasteiger partial charge in [0.1, 0.15) is 13.2 Å². The lowest BCUT2D eigenvalue weighted by atomic mass is 10.3. The van der Waals surface area contributed by atoms with Crippen LogP contribution < -0.4 is 0 Å². The van der Waals surface area contributed by atoms with Crippen LogP contribution in [0.25, 0.3) is 0 Å². The number of ether oxygens (including phenoxy) is 3. The molecule has 302 valence electrons. The normalized spacial score (nSPS) is 17.5. The molecule has 0 aromatic carbocycles. The monoisotopic (exact) mass is 854 g/mol. The van der Waals surface area contributed by atoms with Crippen LogP contribution in [-0.2, 0) is 31.5 Å². The molecule has 0 aromatic heterocycles. The van der Waals surface area contributed by atoms with E-state index in [9.17, 15) is 48.8 Å². The number of alkyl halides is 9. The van der Waals surface area contributed by atoms with Crippen LogP contribution in [0.15, 0.2) is 0 Å². The second-order valence-electron chi connectivity index (χ2n) is 14.2. The number of halogens is 10. The number of hydrogen-bond donors (Lipinski definition) is 1. The molecule has 0 aliphatic carbocycles. The molecule has 0 fully saturated rings. The molecule has 0 heterocycles. The van der Waals surface area contributed by atoms with Gasteiger partial charge in [0.25, 0.3) is 0 Å². The van der Waals surface area contributed by atoms with Crippen molar-refractivity contribution in [3.63, 3.8) is 0 Å². The maximum absolute atomic E-state index is 13.9. The standard InChI is InChI=1S/C26H56F10O8Si6/c1-45(2)42-46(43-48(3,4)18-12-14-38-20-23(28,40-22-27)25(30,31)32)16-10-9-11-17-47(50(7,8)37)44-49(5,6)19-13-15-39-21-24(29,41-36)26(33,34)35/h37,45-47H,9-22H2,1-8H3. The van der Waals surface area contributed by atoms with Crippen LogP contribution in [-0.4, -0.2) is 113 Å². The second-order valence-corrected chi connectivity index (χ2v) is 39.8. The summed E-state index contributed by atoms with van der Waals surface area (Å²) in [5.41, 5.74) is 0. The van der Waals surface area contributed by atoms with Gasteiger partial charge in [0.15, 0.2) is 48.9 Å². The van der Waals surface area contributed by atoms with Crippen LogP contribution >= 0.6 is 0 Å². The van der Waals surface area contributed by atoms with Gasteiger partial charge in [0, 0.05) is 13.2 Å². The zero-order valence-corrected chi connectivity index (χ0v) is 36.7. The predicted octanol–water partition coefficient (Wildman–Crippen LogP) is 7.93. The Kier molecular flexibility index (Phi) is 22.1. The Balaban J connectivity index is 4.84. The minimum Gasteiger partial charge on any atom is -0.458 e. The summed E-state index contributed by atoms with van der Waals surface area (Å²) in [5, 5.41) is 0. The number of hydrogen-bond acceptors (Lipinski definition) is 8. The van der Waals surface area contributed by atoms with Crippen LogP contribution in [0.3, 0.4) is 0 Å². The first kappa shape index (κ1) is 50.3. The molecule has 8 nitrogen and oxygen atoms in total. The van der Waals surface area contributed by atoms with Gasteiger partial charge in [-0.2, -0.15) is 35.1 Å². The highest BCUT2D eigenvalue weighted by Gasteiger charge is 2.60. The lowest BCUT2D eigenvalue weighted by molar-refractivity contribution is -0.411. The summed E-state index contributed by atoms with van der Waals surface area (Å²) in [6.07, 6.45) is -7.99. The van der Waals surface area contributed by atoms with E-state index < -0.39 is 95.5 Å². The van der Waals surface area contributed by atoms with Gasteiger partial charge >= 0.3 is 33.3 Å². The summed E-state index contributed by atoms with van der Waals surface area (Å²) in [5.74, 6) is -8.75. The van der Waals surface area contributed by atoms with E-state index in [4.69, 9.17) is 21.8 Å². The molecule has 0 rings (SSSR count). The van der Waals surface area contributed by atoms with E-state index in [1.807, 2.05) is 52.4 Å². The Morgan fingerprint density at radius 3 is 1.52 bits per heavy atom. The topological polar surface area (TPSA) is 84.8 Å². The third-order valence-electron chi connectivity index (χ3n) is 7.49. The third kappa shape index (κ3) is 20.1. The van der Waals surface area contributed by atoms with Gasteiger partial charge in [0.2, 0.25) is 0 Å². The van der Waals surface area contributed by atoms with Gasteiger partial charge in [-0.3, -0.25) is 0 Å². The lowest BCUT2D eigenvalue weighted by Gasteiger charge is -2.34. The summed E-state index contributed by atoms with van der Waals surface area (Å²) in [4.78, 5) is 13.5. The average molecular weight is 855 g/mol. The summed E-state index contributed by atoms with van der Waals surface area (Å²) < 4.78 is 161. The molecule has 0 bridgehead atoms. The van der Waals surface area contributed by atoms with Crippen molar-refractivity contribution in [2.24, 2.45) is 0 Å². The van der Waals surface area contributed by atoms with Crippen LogP contribution in [0.1, 0.15) is 32.1 Å². The minimum absolute atomic E-state index is 0.189. The maximum atomic E-state index is 13.9. The molecule has 4 unspecified atom stereocenters. The number of unbranched alkanes of at least 4 members (excludes halogenated alkanes) is 2. The molecule has 1 N–H and O–H groups in total. The van der Waals surface area contributed by atoms with Gasteiger partial charge in [-0.15, -0.1) is 4.94 Å². The van der Waals surface area contributed by atoms with Crippen molar-refractivity contribution in [3.05, 3.63) is 0 Å². The predicted molar refractivity (Wildman–Crippen MR) is 184 cm³/mol. The van der Waals surface area contributed by atoms with Crippen molar-refractivity contribution in [1.82, 2.24) is 0 Å². The molecule has 0 radical (unpaired) electrons. The number of rotatable bonds is 28. The Morgan fingerprint density at radius 2 is 1.10 bits per heavy atom. The zero-order chi connectivity index (χ0) is 39.1. The van der Waals surface area contributed by atoms with E-state index >= 15 is 0 Å². The molecule has 24 heteroatoms. The fourth-order valence-corrected chi connectivity index (χ4v) is 29.6. The van der Waals surface area contributed by atoms with Crippen LogP contribution in [0.5, 0.6) is 0 Å². The summed E-state index contributed by atoms with van der Waals surface area (Å²) in [6, 6.07) is 2.47. The van der Waals surface area contributed by atoms with Crippen LogP contribution in [0.4, 0.5) is 44.0 Å². The minimum atomic E-state index is -5.58. The Bertz CT molecular complexity index is 937. The molecule has 0 aliphatic rings. The van der Waals surface area contributed by atoms with Crippen molar-refractivity contribution in [1.29, 1.82) is 0 Å². The second kappa shape index (κ2) is 22.0. The smallest absolute Gasteiger partial charge is 0.454 e. The largest absolute Gasteiger partial charge is 0.458 e. The van der Waals surface area contributed by atoms with Gasteiger partial charge in [-0.25, -0.2) is 4.39 Å². The fourth-order valence-electron chi connectivity index (χ4n) is 4.74. The molecule has 50 heavy (non-hydrogen) atoms. The first-order valence-corrected chi connectivity index (χ1v) is 33.3. The first-order chi connectivity index (χ1) is 22.6. The van der Waals surface area contributed by atoms with Gasteiger partial charge in [-0.1, -0.05) is 19.3 Å². The van der Waals surface area contributed by atoms with Gasteiger partial charge in [-0.05, 0) is 93.9 Å². The highest BCUT2D eigenvalue weighted by atomic mass is 29.3. The quantitative estimate of drug-likeness (QED) is 0.0483. The van der Waals surface area contributed by atoms with Crippen LogP contribution in [0.2, 0.25) is 76.6 Å². The van der Waals surface area contributed by atoms with Gasteiger partial charge in [0.05, 0.1) is 0 Å². The fraction of sp³-hybridized carbons (Fsp3) is 1.00. The molecule has 0 saturated heterocycles. The molecule has 0 amide bonds. The summed E-state index contributed by atoms with van der Waals surface area (Å²) in [6.45, 7) is 10.0. The van der Waals surface area contributed by atoms with E-state index in [0.29, 0.717) is 18.5 Å². The molecule has 0 aromatic rings. The summed E-state index contributed by atoms with van der Waals surface area (Å²) >= 11 is 0. The van der Waals surface area contributed by atoms with Gasteiger partial charge < -0.3 is 31.4 Å². The van der Waals surface area contributed by atoms with Crippen molar-refractivity contribution in [3.8, 4) is 0 Å². The Hall–Kier alpha value is 0.281. The van der Waals surface area contributed by atoms with Crippen molar-refractivity contribution < 1.29 is 80.3 Å². The van der Waals surface area contributed by atoms with Crippen molar-refractivity contribution >= 4 is 51.4 Å². The van der Waals surface area contributed by atoms with E-state index in [1.54, 1.807) is 0 Å². The maximum Gasteiger partial charge on any atom is 0.454 e. The van der Waals surface area contributed by atoms with E-state index in [-0.39, 0.29) is 19.6 Å². The molecular formula is C26H56F10O8Si6.